The van der Waals surface area contributed by atoms with Gasteiger partial charge in [-0.25, -0.2) is 14.5 Å². The highest BCUT2D eigenvalue weighted by Gasteiger charge is 2.18. The van der Waals surface area contributed by atoms with Crippen LogP contribution in [0, 0.1) is 11.3 Å². The summed E-state index contributed by atoms with van der Waals surface area (Å²) < 4.78 is 7.54. The van der Waals surface area contributed by atoms with Gasteiger partial charge >= 0.3 is 5.63 Å². The number of nitriles is 1. The lowest BCUT2D eigenvalue weighted by atomic mass is 9.99. The highest BCUT2D eigenvalue weighted by atomic mass is 32.1. The molecule has 0 atom stereocenters. The van der Waals surface area contributed by atoms with Gasteiger partial charge in [0.15, 0.2) is 0 Å². The standard InChI is InChI=1S/C38H22N4O2S/c39-21-26(37-40-34(23-45-37)33-20-32-30-15-7-5-10-25(30)17-18-35(32)44-38(33)43)19-27-22-42(28-12-2-1-3-13-28)41-36(27)31-16-8-11-24-9-4-6-14-29(24)31/h1-20,22-23H. The number of thiazole rings is 1. The Morgan fingerprint density at radius 1 is 0.800 bits per heavy atom. The fraction of sp³-hybridized carbons (Fsp3) is 0. The van der Waals surface area contributed by atoms with Crippen LogP contribution in [0.1, 0.15) is 10.6 Å². The number of allylic oxidation sites excluding steroid dienone is 1. The molecule has 0 bridgehead atoms. The Morgan fingerprint density at radius 2 is 1.53 bits per heavy atom. The fourth-order valence-corrected chi connectivity index (χ4v) is 6.50. The van der Waals surface area contributed by atoms with E-state index in [9.17, 15) is 10.1 Å². The quantitative estimate of drug-likeness (QED) is 0.112. The van der Waals surface area contributed by atoms with Crippen LogP contribution in [0.25, 0.3) is 72.4 Å². The van der Waals surface area contributed by atoms with E-state index in [1.165, 1.54) is 11.3 Å². The number of rotatable bonds is 5. The molecule has 7 heteroatoms. The maximum Gasteiger partial charge on any atom is 0.345 e. The third kappa shape index (κ3) is 4.70. The first kappa shape index (κ1) is 26.5. The Balaban J connectivity index is 1.26. The smallest absolute Gasteiger partial charge is 0.345 e. The normalized spacial score (nSPS) is 11.8. The molecule has 0 saturated heterocycles. The summed E-state index contributed by atoms with van der Waals surface area (Å²) in [6, 6.07) is 40.1. The van der Waals surface area contributed by atoms with Crippen molar-refractivity contribution in [3.8, 4) is 34.3 Å². The third-order valence-electron chi connectivity index (χ3n) is 7.88. The lowest BCUT2D eigenvalue weighted by molar-refractivity contribution is 0.563. The van der Waals surface area contributed by atoms with E-state index >= 15 is 0 Å². The number of nitrogens with zero attached hydrogens (tertiary/aromatic N) is 4. The lowest BCUT2D eigenvalue weighted by Gasteiger charge is -2.05. The molecule has 0 radical (unpaired) electrons. The molecule has 8 aromatic rings. The van der Waals surface area contributed by atoms with E-state index in [-0.39, 0.29) is 0 Å². The van der Waals surface area contributed by atoms with Crippen molar-refractivity contribution in [1.29, 1.82) is 5.26 Å². The molecule has 0 spiro atoms. The van der Waals surface area contributed by atoms with Crippen LogP contribution in [0.15, 0.2) is 136 Å². The Bertz CT molecular complexity index is 2530. The van der Waals surface area contributed by atoms with E-state index in [0.29, 0.717) is 27.4 Å². The average Bonchev–Trinajstić information content (AvgIpc) is 3.75. The highest BCUT2D eigenvalue weighted by molar-refractivity contribution is 7.11. The summed E-state index contributed by atoms with van der Waals surface area (Å²) in [5.74, 6) is 0. The summed E-state index contributed by atoms with van der Waals surface area (Å²) in [6.45, 7) is 0. The molecular formula is C38H22N4O2S. The highest BCUT2D eigenvalue weighted by Crippen LogP contribution is 2.34. The molecule has 0 saturated carbocycles. The van der Waals surface area contributed by atoms with E-state index in [1.807, 2.05) is 114 Å². The SMILES string of the molecule is N#CC(=Cc1cn(-c2ccccc2)nc1-c1cccc2ccccc12)c1nc(-c2cc3c(ccc4ccccc43)oc2=O)cs1. The minimum Gasteiger partial charge on any atom is -0.422 e. The minimum atomic E-state index is -0.473. The fourth-order valence-electron chi connectivity index (χ4n) is 5.72. The molecule has 0 fully saturated rings. The van der Waals surface area contributed by atoms with E-state index in [1.54, 1.807) is 5.38 Å². The number of aromatic nitrogens is 3. The maximum atomic E-state index is 13.1. The molecular weight excluding hydrogens is 577 g/mol. The number of para-hydroxylation sites is 1. The molecule has 3 heterocycles. The largest absolute Gasteiger partial charge is 0.422 e. The van der Waals surface area contributed by atoms with Crippen molar-refractivity contribution in [3.63, 3.8) is 0 Å². The van der Waals surface area contributed by atoms with E-state index in [2.05, 4.69) is 24.3 Å². The summed E-state index contributed by atoms with van der Waals surface area (Å²) in [7, 11) is 0. The summed E-state index contributed by atoms with van der Waals surface area (Å²) >= 11 is 1.31. The summed E-state index contributed by atoms with van der Waals surface area (Å²) in [5.41, 5.74) is 4.64. The van der Waals surface area contributed by atoms with Crippen molar-refractivity contribution in [2.45, 2.75) is 0 Å². The summed E-state index contributed by atoms with van der Waals surface area (Å²) in [6.07, 6.45) is 3.75. The van der Waals surface area contributed by atoms with Crippen LogP contribution in [0.5, 0.6) is 0 Å². The Morgan fingerprint density at radius 3 is 2.36 bits per heavy atom. The zero-order valence-corrected chi connectivity index (χ0v) is 24.5. The second-order valence-corrected chi connectivity index (χ2v) is 11.5. The van der Waals surface area contributed by atoms with Gasteiger partial charge < -0.3 is 4.42 Å². The van der Waals surface area contributed by atoms with Crippen molar-refractivity contribution < 1.29 is 4.42 Å². The van der Waals surface area contributed by atoms with Gasteiger partial charge in [0.05, 0.1) is 22.5 Å². The van der Waals surface area contributed by atoms with Gasteiger partial charge in [0.1, 0.15) is 22.4 Å². The number of hydrogen-bond donors (Lipinski definition) is 0. The first-order valence-electron chi connectivity index (χ1n) is 14.3. The molecule has 0 unspecified atom stereocenters. The van der Waals surface area contributed by atoms with Gasteiger partial charge in [0.2, 0.25) is 0 Å². The molecule has 0 N–H and O–H groups in total. The van der Waals surface area contributed by atoms with Crippen molar-refractivity contribution in [2.24, 2.45) is 0 Å². The number of fused-ring (bicyclic) bond motifs is 4. The van der Waals surface area contributed by atoms with Crippen LogP contribution >= 0.6 is 11.3 Å². The van der Waals surface area contributed by atoms with Gasteiger partial charge in [-0.3, -0.25) is 0 Å². The van der Waals surface area contributed by atoms with Crippen molar-refractivity contribution in [1.82, 2.24) is 14.8 Å². The molecule has 8 rings (SSSR count). The molecule has 5 aromatic carbocycles. The molecule has 0 aliphatic heterocycles. The molecule has 3 aromatic heterocycles. The zero-order chi connectivity index (χ0) is 30.3. The molecule has 0 amide bonds. The second kappa shape index (κ2) is 10.9. The molecule has 0 aliphatic carbocycles. The monoisotopic (exact) mass is 598 g/mol. The summed E-state index contributed by atoms with van der Waals surface area (Å²) in [5, 5.41) is 22.7. The minimum absolute atomic E-state index is 0.354. The zero-order valence-electron chi connectivity index (χ0n) is 23.7. The summed E-state index contributed by atoms with van der Waals surface area (Å²) in [4.78, 5) is 17.8. The topological polar surface area (TPSA) is 84.7 Å². The average molecular weight is 599 g/mol. The van der Waals surface area contributed by atoms with Crippen LogP contribution < -0.4 is 5.63 Å². The number of hydrogen-bond acceptors (Lipinski definition) is 6. The van der Waals surface area contributed by atoms with E-state index in [4.69, 9.17) is 14.5 Å². The van der Waals surface area contributed by atoms with Crippen LogP contribution in [-0.4, -0.2) is 14.8 Å². The van der Waals surface area contributed by atoms with Crippen LogP contribution in [-0.2, 0) is 0 Å². The maximum absolute atomic E-state index is 13.1. The molecule has 212 valence electrons. The molecule has 45 heavy (non-hydrogen) atoms. The Kier molecular flexibility index (Phi) is 6.41. The van der Waals surface area contributed by atoms with Crippen LogP contribution in [0.4, 0.5) is 0 Å². The van der Waals surface area contributed by atoms with Gasteiger partial charge in [-0.1, -0.05) is 91.0 Å². The van der Waals surface area contributed by atoms with E-state index < -0.39 is 5.63 Å². The first-order valence-corrected chi connectivity index (χ1v) is 15.2. The van der Waals surface area contributed by atoms with Crippen LogP contribution in [0.3, 0.4) is 0 Å². The van der Waals surface area contributed by atoms with Gasteiger partial charge in [0, 0.05) is 28.1 Å². The van der Waals surface area contributed by atoms with Crippen LogP contribution in [0.2, 0.25) is 0 Å². The third-order valence-corrected chi connectivity index (χ3v) is 8.76. The van der Waals surface area contributed by atoms with Gasteiger partial charge in [-0.2, -0.15) is 10.4 Å². The van der Waals surface area contributed by atoms with E-state index in [0.717, 1.165) is 49.4 Å². The van der Waals surface area contributed by atoms with Crippen molar-refractivity contribution in [3.05, 3.63) is 148 Å². The van der Waals surface area contributed by atoms with Gasteiger partial charge in [-0.05, 0) is 51.9 Å². The predicted octanol–water partition coefficient (Wildman–Crippen LogP) is 9.14. The predicted molar refractivity (Wildman–Crippen MR) is 181 cm³/mol. The van der Waals surface area contributed by atoms with Gasteiger partial charge in [-0.15, -0.1) is 11.3 Å². The Labute approximate surface area is 261 Å². The first-order chi connectivity index (χ1) is 22.2. The lowest BCUT2D eigenvalue weighted by Crippen LogP contribution is -2.03. The Hall–Kier alpha value is -6.10. The number of benzene rings is 5. The van der Waals surface area contributed by atoms with Crippen molar-refractivity contribution >= 4 is 55.5 Å². The molecule has 0 aliphatic rings. The van der Waals surface area contributed by atoms with Crippen molar-refractivity contribution in [2.75, 3.05) is 0 Å². The van der Waals surface area contributed by atoms with Gasteiger partial charge in [0.25, 0.3) is 0 Å². The molecule has 6 nitrogen and oxygen atoms in total. The second-order valence-electron chi connectivity index (χ2n) is 10.6.